The van der Waals surface area contributed by atoms with Crippen molar-refractivity contribution in [3.63, 3.8) is 0 Å². The number of nitrogens with zero attached hydrogens (tertiary/aromatic N) is 6. The second kappa shape index (κ2) is 10.3. The van der Waals surface area contributed by atoms with Gasteiger partial charge in [-0.25, -0.2) is 15.0 Å². The Labute approximate surface area is 221 Å². The maximum absolute atomic E-state index is 9.43. The third-order valence-electron chi connectivity index (χ3n) is 6.37. The molecule has 5 aromatic rings. The van der Waals surface area contributed by atoms with Crippen LogP contribution < -0.4 is 4.90 Å². The molecule has 7 heteroatoms. The van der Waals surface area contributed by atoms with Crippen LogP contribution in [0.1, 0.15) is 29.2 Å². The minimum Gasteiger partial charge on any atom is -0.334 e. The molecule has 0 unspecified atom stereocenters. The van der Waals surface area contributed by atoms with Gasteiger partial charge in [-0.05, 0) is 24.1 Å². The zero-order chi connectivity index (χ0) is 25.9. The van der Waals surface area contributed by atoms with Gasteiger partial charge in [0.05, 0.1) is 28.1 Å². The molecule has 0 fully saturated rings. The molecule has 182 valence electrons. The number of hydrogen-bond donors (Lipinski definition) is 0. The highest BCUT2D eigenvalue weighted by atomic mass is 35.5. The molecule has 0 saturated heterocycles. The molecule has 0 amide bonds. The predicted octanol–water partition coefficient (Wildman–Crippen LogP) is 6.99. The van der Waals surface area contributed by atoms with Gasteiger partial charge >= 0.3 is 0 Å². The lowest BCUT2D eigenvalue weighted by Gasteiger charge is -2.22. The van der Waals surface area contributed by atoms with E-state index < -0.39 is 0 Å². The van der Waals surface area contributed by atoms with Crippen molar-refractivity contribution in [1.29, 1.82) is 5.26 Å². The molecule has 2 aromatic heterocycles. The summed E-state index contributed by atoms with van der Waals surface area (Å²) in [5.74, 6) is 1.23. The SMILES string of the molecule is CCc1cc(C#N)c(Cl)cc1N(C)c1cc2c(ncn2C)c(N=C(c2ccccc2)c2ccccc2)n1. The first-order chi connectivity index (χ1) is 18.0. The Kier molecular flexibility index (Phi) is 6.72. The molecule has 0 radical (unpaired) electrons. The van der Waals surface area contributed by atoms with Crippen LogP contribution in [0.25, 0.3) is 11.0 Å². The fraction of sp³-hybridized carbons (Fsp3) is 0.133. The summed E-state index contributed by atoms with van der Waals surface area (Å²) < 4.78 is 1.96. The highest BCUT2D eigenvalue weighted by Gasteiger charge is 2.18. The number of nitriles is 1. The van der Waals surface area contributed by atoms with E-state index in [1.807, 2.05) is 102 Å². The minimum atomic E-state index is 0.414. The van der Waals surface area contributed by atoms with E-state index >= 15 is 0 Å². The lowest BCUT2D eigenvalue weighted by Crippen LogP contribution is -2.14. The van der Waals surface area contributed by atoms with Gasteiger partial charge in [0.1, 0.15) is 17.4 Å². The van der Waals surface area contributed by atoms with Crippen LogP contribution in [-0.2, 0) is 13.5 Å². The number of imidazole rings is 1. The van der Waals surface area contributed by atoms with Crippen molar-refractivity contribution in [1.82, 2.24) is 14.5 Å². The van der Waals surface area contributed by atoms with Crippen molar-refractivity contribution in [2.75, 3.05) is 11.9 Å². The largest absolute Gasteiger partial charge is 0.334 e. The van der Waals surface area contributed by atoms with Crippen molar-refractivity contribution in [2.24, 2.45) is 12.0 Å². The number of aryl methyl sites for hydroxylation is 2. The van der Waals surface area contributed by atoms with Crippen molar-refractivity contribution in [3.05, 3.63) is 112 Å². The van der Waals surface area contributed by atoms with Gasteiger partial charge in [-0.1, -0.05) is 79.2 Å². The first-order valence-electron chi connectivity index (χ1n) is 12.0. The van der Waals surface area contributed by atoms with Crippen molar-refractivity contribution in [2.45, 2.75) is 13.3 Å². The second-order valence-electron chi connectivity index (χ2n) is 8.70. The quantitative estimate of drug-likeness (QED) is 0.233. The minimum absolute atomic E-state index is 0.414. The molecule has 0 aliphatic carbocycles. The van der Waals surface area contributed by atoms with Gasteiger partial charge < -0.3 is 9.47 Å². The zero-order valence-electron chi connectivity index (χ0n) is 20.9. The monoisotopic (exact) mass is 504 g/mol. The molecule has 6 nitrogen and oxygen atoms in total. The van der Waals surface area contributed by atoms with Crippen LogP contribution in [0.15, 0.2) is 90.2 Å². The van der Waals surface area contributed by atoms with Crippen molar-refractivity contribution >= 4 is 45.7 Å². The smallest absolute Gasteiger partial charge is 0.183 e. The summed E-state index contributed by atoms with van der Waals surface area (Å²) >= 11 is 6.42. The summed E-state index contributed by atoms with van der Waals surface area (Å²) in [4.78, 5) is 16.7. The Bertz CT molecular complexity index is 1610. The number of fused-ring (bicyclic) bond motifs is 1. The van der Waals surface area contributed by atoms with Gasteiger partial charge in [-0.3, -0.25) is 0 Å². The van der Waals surface area contributed by atoms with Crippen molar-refractivity contribution < 1.29 is 0 Å². The van der Waals surface area contributed by atoms with Crippen LogP contribution in [0.3, 0.4) is 0 Å². The summed E-state index contributed by atoms with van der Waals surface area (Å²) in [5, 5.41) is 9.85. The molecule has 0 atom stereocenters. The zero-order valence-corrected chi connectivity index (χ0v) is 21.6. The summed E-state index contributed by atoms with van der Waals surface area (Å²) in [6.07, 6.45) is 2.52. The van der Waals surface area contributed by atoms with Crippen LogP contribution in [-0.4, -0.2) is 27.3 Å². The van der Waals surface area contributed by atoms with Crippen LogP contribution >= 0.6 is 11.6 Å². The molecule has 0 N–H and O–H groups in total. The van der Waals surface area contributed by atoms with E-state index in [0.717, 1.165) is 45.5 Å². The fourth-order valence-corrected chi connectivity index (χ4v) is 4.55. The number of anilines is 2. The van der Waals surface area contributed by atoms with E-state index in [4.69, 9.17) is 21.6 Å². The van der Waals surface area contributed by atoms with E-state index in [1.54, 1.807) is 6.33 Å². The van der Waals surface area contributed by atoms with Gasteiger partial charge in [0.15, 0.2) is 5.82 Å². The second-order valence-corrected chi connectivity index (χ2v) is 9.11. The molecule has 0 aliphatic rings. The van der Waals surface area contributed by atoms with Gasteiger partial charge in [-0.2, -0.15) is 5.26 Å². The van der Waals surface area contributed by atoms with Crippen LogP contribution in [0, 0.1) is 11.3 Å². The number of rotatable bonds is 6. The summed E-state index contributed by atoms with van der Waals surface area (Å²) in [5.41, 5.74) is 6.79. The first kappa shape index (κ1) is 24.2. The molecular formula is C30H25ClN6. The lowest BCUT2D eigenvalue weighted by atomic mass is 10.0. The Morgan fingerprint density at radius 3 is 2.27 bits per heavy atom. The van der Waals surface area contributed by atoms with E-state index in [2.05, 4.69) is 18.0 Å². The molecule has 0 aliphatic heterocycles. The van der Waals surface area contributed by atoms with E-state index in [1.165, 1.54) is 0 Å². The number of aromatic nitrogens is 3. The number of hydrogen-bond acceptors (Lipinski definition) is 5. The average molecular weight is 505 g/mol. The van der Waals surface area contributed by atoms with E-state index in [-0.39, 0.29) is 0 Å². The number of aliphatic imine (C=N–C) groups is 1. The topological polar surface area (TPSA) is 70.1 Å². The molecule has 5 rings (SSSR count). The van der Waals surface area contributed by atoms with Gasteiger partial charge in [-0.15, -0.1) is 0 Å². The average Bonchev–Trinajstić information content (AvgIpc) is 3.32. The molecule has 2 heterocycles. The summed E-state index contributed by atoms with van der Waals surface area (Å²) in [6, 6.07) is 28.0. The van der Waals surface area contributed by atoms with Crippen molar-refractivity contribution in [3.8, 4) is 6.07 Å². The fourth-order valence-electron chi connectivity index (χ4n) is 4.35. The standard InChI is InChI=1S/C30H25ClN6/c1-4-20-15-23(18-32)24(31)16-25(20)37(3)27-17-26-29(33-19-36(26)2)30(34-27)35-28(21-11-7-5-8-12-21)22-13-9-6-10-14-22/h5-17,19H,4H2,1-3H3. The molecule has 0 bridgehead atoms. The Morgan fingerprint density at radius 2 is 1.68 bits per heavy atom. The van der Waals surface area contributed by atoms with E-state index in [9.17, 15) is 5.26 Å². The number of benzene rings is 3. The highest BCUT2D eigenvalue weighted by Crippen LogP contribution is 2.35. The van der Waals surface area contributed by atoms with E-state index in [0.29, 0.717) is 22.2 Å². The van der Waals surface area contributed by atoms with Gasteiger partial charge in [0.2, 0.25) is 0 Å². The first-order valence-corrected chi connectivity index (χ1v) is 12.4. The van der Waals surface area contributed by atoms with Gasteiger partial charge in [0.25, 0.3) is 0 Å². The molecule has 37 heavy (non-hydrogen) atoms. The Balaban J connectivity index is 1.72. The van der Waals surface area contributed by atoms with Crippen LogP contribution in [0.5, 0.6) is 0 Å². The molecule has 3 aromatic carbocycles. The highest BCUT2D eigenvalue weighted by molar-refractivity contribution is 6.32. The third-order valence-corrected chi connectivity index (χ3v) is 6.68. The summed E-state index contributed by atoms with van der Waals surface area (Å²) in [7, 11) is 3.90. The number of halogens is 1. The van der Waals surface area contributed by atoms with Crippen LogP contribution in [0.4, 0.5) is 17.3 Å². The Morgan fingerprint density at radius 1 is 1.03 bits per heavy atom. The molecular weight excluding hydrogens is 480 g/mol. The number of pyridine rings is 1. The lowest BCUT2D eigenvalue weighted by molar-refractivity contribution is 0.946. The maximum Gasteiger partial charge on any atom is 0.183 e. The predicted molar refractivity (Wildman–Crippen MR) is 150 cm³/mol. The molecule has 0 saturated carbocycles. The van der Waals surface area contributed by atoms with Gasteiger partial charge in [0, 0.05) is 37.0 Å². The normalized spacial score (nSPS) is 10.8. The maximum atomic E-state index is 9.43. The summed E-state index contributed by atoms with van der Waals surface area (Å²) in [6.45, 7) is 2.06. The molecule has 0 spiro atoms. The van der Waals surface area contributed by atoms with Crippen LogP contribution in [0.2, 0.25) is 5.02 Å². The third kappa shape index (κ3) is 4.69. The Hall–Kier alpha value is -4.47.